The summed E-state index contributed by atoms with van der Waals surface area (Å²) in [6.07, 6.45) is 2.63. The molecule has 4 rings (SSSR count). The first-order valence-electron chi connectivity index (χ1n) is 10.2. The summed E-state index contributed by atoms with van der Waals surface area (Å²) in [4.78, 5) is 21.4. The summed E-state index contributed by atoms with van der Waals surface area (Å²) in [6.45, 7) is 2.81. The van der Waals surface area contributed by atoms with Crippen LogP contribution in [-0.4, -0.2) is 57.5 Å². The summed E-state index contributed by atoms with van der Waals surface area (Å²) >= 11 is 1.59. The van der Waals surface area contributed by atoms with Crippen LogP contribution in [0.2, 0.25) is 0 Å². The molecule has 2 aromatic carbocycles. The van der Waals surface area contributed by atoms with Crippen molar-refractivity contribution < 1.29 is 17.9 Å². The number of rotatable bonds is 6. The average molecular weight is 473 g/mol. The molecule has 2 heterocycles. The maximum absolute atomic E-state index is 13.0. The molecule has 0 atom stereocenters. The molecule has 1 aliphatic rings. The van der Waals surface area contributed by atoms with Crippen LogP contribution in [0.15, 0.2) is 65.0 Å². The molecule has 0 unspecified atom stereocenters. The largest absolute Gasteiger partial charge is 0.495 e. The zero-order chi connectivity index (χ0) is 22.6. The quantitative estimate of drug-likeness (QED) is 0.592. The number of amides is 1. The maximum atomic E-state index is 13.0. The van der Waals surface area contributed by atoms with Gasteiger partial charge in [0.1, 0.15) is 5.75 Å². The minimum Gasteiger partial charge on any atom is -0.495 e. The predicted molar refractivity (Wildman–Crippen MR) is 125 cm³/mol. The molecule has 1 aliphatic heterocycles. The molecule has 1 saturated heterocycles. The molecule has 0 spiro atoms. The highest BCUT2D eigenvalue weighted by molar-refractivity contribution is 7.92. The van der Waals surface area contributed by atoms with Gasteiger partial charge in [-0.1, -0.05) is 12.1 Å². The number of methoxy groups -OCH3 is 1. The number of anilines is 2. The molecule has 3 aromatic rings. The molecule has 0 saturated carbocycles. The summed E-state index contributed by atoms with van der Waals surface area (Å²) in [5.41, 5.74) is 0.813. The van der Waals surface area contributed by atoms with Gasteiger partial charge in [0, 0.05) is 43.3 Å². The molecule has 10 heteroatoms. The first-order chi connectivity index (χ1) is 15.5. The van der Waals surface area contributed by atoms with Crippen molar-refractivity contribution in [2.24, 2.45) is 0 Å². The molecule has 32 heavy (non-hydrogen) atoms. The number of ether oxygens (including phenoxy) is 1. The monoisotopic (exact) mass is 472 g/mol. The maximum Gasteiger partial charge on any atom is 0.262 e. The van der Waals surface area contributed by atoms with Gasteiger partial charge < -0.3 is 14.5 Å². The second-order valence-electron chi connectivity index (χ2n) is 7.28. The number of para-hydroxylation sites is 2. The molecule has 0 aliphatic carbocycles. The molecule has 0 radical (unpaired) electrons. The van der Waals surface area contributed by atoms with Gasteiger partial charge >= 0.3 is 0 Å². The van der Waals surface area contributed by atoms with Gasteiger partial charge in [0.2, 0.25) is 0 Å². The molecule has 1 aromatic heterocycles. The molecule has 1 fully saturated rings. The Bertz CT molecular complexity index is 1160. The van der Waals surface area contributed by atoms with E-state index in [1.165, 1.54) is 19.2 Å². The number of thiazole rings is 1. The van der Waals surface area contributed by atoms with E-state index in [1.54, 1.807) is 53.9 Å². The molecule has 8 nitrogen and oxygen atoms in total. The van der Waals surface area contributed by atoms with E-state index in [1.807, 2.05) is 10.3 Å². The Morgan fingerprint density at radius 3 is 2.56 bits per heavy atom. The van der Waals surface area contributed by atoms with E-state index in [2.05, 4.69) is 14.6 Å². The zero-order valence-corrected chi connectivity index (χ0v) is 19.2. The molecule has 1 N–H and O–H groups in total. The number of benzene rings is 2. The van der Waals surface area contributed by atoms with Crippen LogP contribution < -0.4 is 14.4 Å². The van der Waals surface area contributed by atoms with E-state index >= 15 is 0 Å². The lowest BCUT2D eigenvalue weighted by Crippen LogP contribution is -2.35. The highest BCUT2D eigenvalue weighted by atomic mass is 32.2. The first-order valence-corrected chi connectivity index (χ1v) is 12.5. The van der Waals surface area contributed by atoms with E-state index < -0.39 is 10.0 Å². The normalized spacial score (nSPS) is 14.7. The van der Waals surface area contributed by atoms with Gasteiger partial charge in [-0.25, -0.2) is 13.4 Å². The predicted octanol–water partition coefficient (Wildman–Crippen LogP) is 3.31. The minimum atomic E-state index is -3.82. The Labute approximate surface area is 191 Å². The van der Waals surface area contributed by atoms with E-state index in [0.717, 1.165) is 18.1 Å². The number of nitrogens with zero attached hydrogens (tertiary/aromatic N) is 3. The number of hydrogen-bond acceptors (Lipinski definition) is 7. The van der Waals surface area contributed by atoms with Crippen LogP contribution in [0.5, 0.6) is 5.75 Å². The van der Waals surface area contributed by atoms with Gasteiger partial charge in [0.15, 0.2) is 5.13 Å². The summed E-state index contributed by atoms with van der Waals surface area (Å²) in [5, 5.41) is 2.91. The van der Waals surface area contributed by atoms with Crippen LogP contribution in [0.1, 0.15) is 16.8 Å². The highest BCUT2D eigenvalue weighted by Crippen LogP contribution is 2.26. The fourth-order valence-corrected chi connectivity index (χ4v) is 5.34. The molecule has 1 amide bonds. The third kappa shape index (κ3) is 4.86. The highest BCUT2D eigenvalue weighted by Gasteiger charge is 2.22. The summed E-state index contributed by atoms with van der Waals surface area (Å²) in [5.74, 6) is 0.323. The second-order valence-corrected chi connectivity index (χ2v) is 9.83. The lowest BCUT2D eigenvalue weighted by atomic mass is 10.2. The summed E-state index contributed by atoms with van der Waals surface area (Å²) in [7, 11) is -2.34. The van der Waals surface area contributed by atoms with Crippen LogP contribution >= 0.6 is 11.3 Å². The van der Waals surface area contributed by atoms with Crippen LogP contribution in [0.4, 0.5) is 10.8 Å². The summed E-state index contributed by atoms with van der Waals surface area (Å²) in [6, 6.07) is 12.8. The van der Waals surface area contributed by atoms with Crippen molar-refractivity contribution in [3.05, 3.63) is 65.7 Å². The number of carbonyl (C=O) groups excluding carboxylic acids is 1. The van der Waals surface area contributed by atoms with Crippen molar-refractivity contribution >= 4 is 38.1 Å². The van der Waals surface area contributed by atoms with Gasteiger partial charge in [-0.15, -0.1) is 11.3 Å². The van der Waals surface area contributed by atoms with E-state index in [-0.39, 0.29) is 10.8 Å². The van der Waals surface area contributed by atoms with Crippen molar-refractivity contribution in [1.29, 1.82) is 0 Å². The molecule has 0 bridgehead atoms. The van der Waals surface area contributed by atoms with Crippen LogP contribution in [-0.2, 0) is 10.0 Å². The topological polar surface area (TPSA) is 91.8 Å². The third-order valence-corrected chi connectivity index (χ3v) is 7.45. The van der Waals surface area contributed by atoms with Crippen molar-refractivity contribution in [3.8, 4) is 5.75 Å². The van der Waals surface area contributed by atoms with Crippen molar-refractivity contribution in [1.82, 2.24) is 9.88 Å². The van der Waals surface area contributed by atoms with E-state index in [4.69, 9.17) is 4.74 Å². The molecular formula is C22H24N4O4S2. The van der Waals surface area contributed by atoms with Gasteiger partial charge in [-0.2, -0.15) is 0 Å². The fraction of sp³-hybridized carbons (Fsp3) is 0.273. The zero-order valence-electron chi connectivity index (χ0n) is 17.6. The number of carbonyl (C=O) groups is 1. The molecular weight excluding hydrogens is 448 g/mol. The minimum absolute atomic E-state index is 0.0748. The van der Waals surface area contributed by atoms with E-state index in [0.29, 0.717) is 36.6 Å². The molecule has 168 valence electrons. The third-order valence-electron chi connectivity index (χ3n) is 5.24. The Morgan fingerprint density at radius 2 is 1.84 bits per heavy atom. The van der Waals surface area contributed by atoms with Crippen LogP contribution in [0.3, 0.4) is 0 Å². The summed E-state index contributed by atoms with van der Waals surface area (Å²) < 4.78 is 33.3. The second kappa shape index (κ2) is 9.58. The first kappa shape index (κ1) is 22.1. The Kier molecular flexibility index (Phi) is 6.61. The lowest BCUT2D eigenvalue weighted by Gasteiger charge is -2.22. The SMILES string of the molecule is COc1ccccc1NS(=O)(=O)c1ccc(C(=O)N2CCCN(c3nccs3)CC2)cc1. The van der Waals surface area contributed by atoms with Crippen LogP contribution in [0.25, 0.3) is 0 Å². The fourth-order valence-electron chi connectivity index (χ4n) is 3.58. The van der Waals surface area contributed by atoms with Gasteiger partial charge in [0.05, 0.1) is 17.7 Å². The van der Waals surface area contributed by atoms with Crippen molar-refractivity contribution in [2.45, 2.75) is 11.3 Å². The average Bonchev–Trinajstić information content (AvgIpc) is 3.23. The van der Waals surface area contributed by atoms with Crippen molar-refractivity contribution in [3.63, 3.8) is 0 Å². The van der Waals surface area contributed by atoms with Crippen LogP contribution in [0, 0.1) is 0 Å². The Balaban J connectivity index is 1.44. The Morgan fingerprint density at radius 1 is 1.06 bits per heavy atom. The standard InChI is InChI=1S/C22H24N4O4S2/c1-30-20-6-3-2-5-19(20)24-32(28,29)18-9-7-17(8-10-18)21(27)25-12-4-13-26(15-14-25)22-23-11-16-31-22/h2-3,5-11,16,24H,4,12-15H2,1H3. The van der Waals surface area contributed by atoms with Gasteiger partial charge in [-0.3, -0.25) is 9.52 Å². The number of sulfonamides is 1. The van der Waals surface area contributed by atoms with Crippen molar-refractivity contribution in [2.75, 3.05) is 42.9 Å². The lowest BCUT2D eigenvalue weighted by molar-refractivity contribution is 0.0767. The van der Waals surface area contributed by atoms with Gasteiger partial charge in [-0.05, 0) is 42.8 Å². The van der Waals surface area contributed by atoms with Gasteiger partial charge in [0.25, 0.3) is 15.9 Å². The number of aromatic nitrogens is 1. The number of hydrogen-bond donors (Lipinski definition) is 1. The Hall–Kier alpha value is -3.11. The number of nitrogens with one attached hydrogen (secondary N) is 1. The smallest absolute Gasteiger partial charge is 0.262 e. The van der Waals surface area contributed by atoms with E-state index in [9.17, 15) is 13.2 Å².